The minimum atomic E-state index is -1.08. The lowest BCUT2D eigenvalue weighted by atomic mass is 10.3. The van der Waals surface area contributed by atoms with Gasteiger partial charge in [-0.3, -0.25) is 4.79 Å². The molecule has 116 valence electrons. The molecule has 0 N–H and O–H groups in total. The quantitative estimate of drug-likeness (QED) is 0.583. The first-order chi connectivity index (χ1) is 10.1. The lowest BCUT2D eigenvalue weighted by Crippen LogP contribution is -2.39. The van der Waals surface area contributed by atoms with Crippen LogP contribution in [-0.2, 0) is 16.0 Å². The Balaban J connectivity index is 1.94. The van der Waals surface area contributed by atoms with Gasteiger partial charge in [0.1, 0.15) is 5.75 Å². The van der Waals surface area contributed by atoms with Gasteiger partial charge in [0.05, 0.1) is 18.7 Å². The number of nitrogens with zero attached hydrogens (tertiary/aromatic N) is 1. The number of para-hydroxylation sites is 1. The first-order valence-corrected chi connectivity index (χ1v) is 10.3. The van der Waals surface area contributed by atoms with Gasteiger partial charge in [0.15, 0.2) is 5.75 Å². The van der Waals surface area contributed by atoms with Crippen LogP contribution < -0.4 is 4.74 Å². The molecule has 2 atom stereocenters. The van der Waals surface area contributed by atoms with E-state index in [0.29, 0.717) is 0 Å². The van der Waals surface area contributed by atoms with Gasteiger partial charge in [0, 0.05) is 22.9 Å². The SMILES string of the molecule is COc1ccccc1SC[C@@H]1SCCN1C(=O)C[S@+](C)[O-]. The van der Waals surface area contributed by atoms with E-state index in [2.05, 4.69) is 0 Å². The van der Waals surface area contributed by atoms with E-state index in [1.54, 1.807) is 36.9 Å². The Bertz CT molecular complexity index is 484. The van der Waals surface area contributed by atoms with Crippen LogP contribution in [0.3, 0.4) is 0 Å². The molecule has 0 spiro atoms. The van der Waals surface area contributed by atoms with Gasteiger partial charge < -0.3 is 14.2 Å². The topological polar surface area (TPSA) is 52.6 Å². The van der Waals surface area contributed by atoms with Crippen LogP contribution in [-0.4, -0.2) is 57.9 Å². The third-order valence-electron chi connectivity index (χ3n) is 3.09. The molecule has 2 rings (SSSR count). The number of amides is 1. The van der Waals surface area contributed by atoms with Crippen LogP contribution in [0, 0.1) is 0 Å². The second-order valence-corrected chi connectivity index (χ2v) is 8.37. The highest BCUT2D eigenvalue weighted by atomic mass is 32.2. The monoisotopic (exact) mass is 345 g/mol. The maximum Gasteiger partial charge on any atom is 0.273 e. The number of carbonyl (C=O) groups is 1. The van der Waals surface area contributed by atoms with Crippen molar-refractivity contribution in [2.45, 2.75) is 10.3 Å². The molecule has 21 heavy (non-hydrogen) atoms. The summed E-state index contributed by atoms with van der Waals surface area (Å²) in [6.45, 7) is 0.748. The second-order valence-electron chi connectivity index (χ2n) is 4.59. The van der Waals surface area contributed by atoms with Crippen LogP contribution in [0.15, 0.2) is 29.2 Å². The van der Waals surface area contributed by atoms with Crippen molar-refractivity contribution in [1.29, 1.82) is 0 Å². The maximum absolute atomic E-state index is 12.1. The number of ether oxygens (including phenoxy) is 1. The zero-order valence-corrected chi connectivity index (χ0v) is 14.6. The van der Waals surface area contributed by atoms with Crippen LogP contribution in [0.25, 0.3) is 0 Å². The van der Waals surface area contributed by atoms with Gasteiger partial charge in [0.25, 0.3) is 5.91 Å². The summed E-state index contributed by atoms with van der Waals surface area (Å²) in [4.78, 5) is 15.0. The zero-order valence-electron chi connectivity index (χ0n) is 12.1. The van der Waals surface area contributed by atoms with Crippen LogP contribution in [0.5, 0.6) is 5.75 Å². The van der Waals surface area contributed by atoms with Gasteiger partial charge in [-0.25, -0.2) is 0 Å². The summed E-state index contributed by atoms with van der Waals surface area (Å²) < 4.78 is 16.6. The highest BCUT2D eigenvalue weighted by molar-refractivity contribution is 8.03. The molecule has 0 radical (unpaired) electrons. The number of carbonyl (C=O) groups excluding carboxylic acids is 1. The average molecular weight is 346 g/mol. The molecule has 0 bridgehead atoms. The third kappa shape index (κ3) is 4.74. The third-order valence-corrected chi connectivity index (χ3v) is 6.31. The van der Waals surface area contributed by atoms with Gasteiger partial charge in [-0.2, -0.15) is 0 Å². The maximum atomic E-state index is 12.1. The van der Waals surface area contributed by atoms with Crippen molar-refractivity contribution in [3.63, 3.8) is 0 Å². The Labute approximate surface area is 137 Å². The Kier molecular flexibility index (Phi) is 6.60. The number of hydrogen-bond acceptors (Lipinski definition) is 5. The van der Waals surface area contributed by atoms with Gasteiger partial charge in [0.2, 0.25) is 0 Å². The second kappa shape index (κ2) is 8.22. The first-order valence-electron chi connectivity index (χ1n) is 6.58. The fraction of sp³-hybridized carbons (Fsp3) is 0.500. The summed E-state index contributed by atoms with van der Waals surface area (Å²) >= 11 is 2.40. The van der Waals surface area contributed by atoms with E-state index < -0.39 is 11.2 Å². The van der Waals surface area contributed by atoms with Gasteiger partial charge >= 0.3 is 0 Å². The van der Waals surface area contributed by atoms with E-state index in [-0.39, 0.29) is 17.0 Å². The standard InChI is InChI=1S/C14H19NO3S3/c1-18-11-5-3-4-6-12(11)20-9-14-15(7-8-19-14)13(16)10-21(2)17/h3-6,14H,7-10H2,1-2H3/t14-,21-/m0/s1. The molecule has 4 nitrogen and oxygen atoms in total. The Morgan fingerprint density at radius 2 is 2.33 bits per heavy atom. The van der Waals surface area contributed by atoms with E-state index >= 15 is 0 Å². The number of methoxy groups -OCH3 is 1. The van der Waals surface area contributed by atoms with E-state index in [0.717, 1.165) is 28.7 Å². The number of benzene rings is 1. The van der Waals surface area contributed by atoms with Crippen molar-refractivity contribution in [3.05, 3.63) is 24.3 Å². The minimum Gasteiger partial charge on any atom is -0.616 e. The minimum absolute atomic E-state index is 0.00791. The molecule has 1 aromatic rings. The van der Waals surface area contributed by atoms with Crippen LogP contribution in [0.4, 0.5) is 0 Å². The molecule has 1 fully saturated rings. The molecule has 0 unspecified atom stereocenters. The van der Waals surface area contributed by atoms with Crippen LogP contribution in [0.2, 0.25) is 0 Å². The van der Waals surface area contributed by atoms with E-state index in [1.165, 1.54) is 0 Å². The van der Waals surface area contributed by atoms with E-state index in [1.807, 2.05) is 29.2 Å². The summed E-state index contributed by atoms with van der Waals surface area (Å²) in [6.07, 6.45) is 1.57. The summed E-state index contributed by atoms with van der Waals surface area (Å²) in [5.41, 5.74) is 0. The fourth-order valence-electron chi connectivity index (χ4n) is 2.10. The first kappa shape index (κ1) is 16.9. The smallest absolute Gasteiger partial charge is 0.273 e. The molecule has 7 heteroatoms. The van der Waals surface area contributed by atoms with Crippen molar-refractivity contribution >= 4 is 40.6 Å². The highest BCUT2D eigenvalue weighted by Gasteiger charge is 2.31. The summed E-state index contributed by atoms with van der Waals surface area (Å²) in [7, 11) is 1.66. The molecule has 1 aromatic carbocycles. The van der Waals surface area contributed by atoms with Crippen molar-refractivity contribution in [1.82, 2.24) is 4.90 Å². The Morgan fingerprint density at radius 3 is 3.05 bits per heavy atom. The molecule has 1 saturated heterocycles. The molecule has 0 aromatic heterocycles. The largest absolute Gasteiger partial charge is 0.616 e. The highest BCUT2D eigenvalue weighted by Crippen LogP contribution is 2.34. The van der Waals surface area contributed by atoms with Gasteiger partial charge in [-0.05, 0) is 23.3 Å². The number of rotatable bonds is 6. The molecule has 1 amide bonds. The predicted octanol–water partition coefficient (Wildman–Crippen LogP) is 2.07. The van der Waals surface area contributed by atoms with Crippen molar-refractivity contribution in [2.24, 2.45) is 0 Å². The Morgan fingerprint density at radius 1 is 1.57 bits per heavy atom. The molecule has 1 aliphatic heterocycles. The zero-order chi connectivity index (χ0) is 15.2. The van der Waals surface area contributed by atoms with Gasteiger partial charge in [-0.15, -0.1) is 23.5 Å². The molecule has 0 aliphatic carbocycles. The van der Waals surface area contributed by atoms with Crippen LogP contribution >= 0.6 is 23.5 Å². The molecular formula is C14H19NO3S3. The fourth-order valence-corrected chi connectivity index (χ4v) is 5.15. The van der Waals surface area contributed by atoms with Gasteiger partial charge in [-0.1, -0.05) is 12.1 Å². The lowest BCUT2D eigenvalue weighted by molar-refractivity contribution is -0.128. The van der Waals surface area contributed by atoms with E-state index in [4.69, 9.17) is 4.74 Å². The molecule has 1 heterocycles. The van der Waals surface area contributed by atoms with Crippen molar-refractivity contribution in [3.8, 4) is 5.75 Å². The summed E-state index contributed by atoms with van der Waals surface area (Å²) in [5.74, 6) is 2.73. The predicted molar refractivity (Wildman–Crippen MR) is 90.6 cm³/mol. The molecule has 1 aliphatic rings. The van der Waals surface area contributed by atoms with E-state index in [9.17, 15) is 9.35 Å². The lowest BCUT2D eigenvalue weighted by Gasteiger charge is -2.23. The summed E-state index contributed by atoms with van der Waals surface area (Å²) in [5, 5.41) is 0.149. The van der Waals surface area contributed by atoms with Crippen molar-refractivity contribution < 1.29 is 14.1 Å². The molecule has 0 saturated carbocycles. The normalized spacial score (nSPS) is 19.6. The van der Waals surface area contributed by atoms with Crippen LogP contribution in [0.1, 0.15) is 0 Å². The Hall–Kier alpha value is -0.500. The number of thioether (sulfide) groups is 2. The summed E-state index contributed by atoms with van der Waals surface area (Å²) in [6, 6.07) is 7.89. The molecular weight excluding hydrogens is 326 g/mol. The number of hydrogen-bond donors (Lipinski definition) is 0. The average Bonchev–Trinajstić information content (AvgIpc) is 2.93. The van der Waals surface area contributed by atoms with Crippen molar-refractivity contribution in [2.75, 3.05) is 37.2 Å².